The summed E-state index contributed by atoms with van der Waals surface area (Å²) >= 11 is 0. The Morgan fingerprint density at radius 1 is 1.12 bits per heavy atom. The van der Waals surface area contributed by atoms with Gasteiger partial charge in [0.2, 0.25) is 5.91 Å². The molecule has 1 N–H and O–H groups in total. The molecule has 0 spiro atoms. The molecule has 0 saturated carbocycles. The summed E-state index contributed by atoms with van der Waals surface area (Å²) in [6, 6.07) is 9.41. The molecule has 6 nitrogen and oxygen atoms in total. The topological polar surface area (TPSA) is 72.7 Å². The van der Waals surface area contributed by atoms with E-state index in [2.05, 4.69) is 52.4 Å². The molecule has 25 heavy (non-hydrogen) atoms. The number of aromatic nitrogens is 4. The lowest BCUT2D eigenvalue weighted by Gasteiger charge is -2.22. The van der Waals surface area contributed by atoms with Gasteiger partial charge in [0.15, 0.2) is 0 Å². The van der Waals surface area contributed by atoms with Gasteiger partial charge in [-0.1, -0.05) is 35.4 Å². The third-order valence-electron chi connectivity index (χ3n) is 4.09. The average Bonchev–Trinajstić information content (AvgIpc) is 3.13. The second-order valence-corrected chi connectivity index (χ2v) is 6.20. The number of carbonyl (C=O) groups excluding carboxylic acids is 1. The Morgan fingerprint density at radius 3 is 2.48 bits per heavy atom. The van der Waals surface area contributed by atoms with Crippen LogP contribution in [0.5, 0.6) is 0 Å². The summed E-state index contributed by atoms with van der Waals surface area (Å²) < 4.78 is 1.54. The molecule has 0 radical (unpaired) electrons. The quantitative estimate of drug-likeness (QED) is 0.778. The highest BCUT2D eigenvalue weighted by Crippen LogP contribution is 2.24. The normalized spacial score (nSPS) is 13.2. The standard InChI is InChI=1S/C19H21N5O/c1-13-7-14(2)9-17(8-13)18(16-5-4-6-20-10-16)23-19(25)15(3)24-12-21-11-22-24/h4-12,15,18H,1-3H3,(H,23,25)/t15-,18-/m0/s1. The Morgan fingerprint density at radius 2 is 1.88 bits per heavy atom. The highest BCUT2D eigenvalue weighted by atomic mass is 16.2. The molecule has 6 heteroatoms. The fourth-order valence-corrected chi connectivity index (χ4v) is 2.88. The zero-order chi connectivity index (χ0) is 17.8. The van der Waals surface area contributed by atoms with E-state index >= 15 is 0 Å². The minimum absolute atomic E-state index is 0.126. The van der Waals surface area contributed by atoms with Crippen molar-refractivity contribution in [1.82, 2.24) is 25.1 Å². The molecule has 2 aromatic heterocycles. The van der Waals surface area contributed by atoms with E-state index in [1.807, 2.05) is 12.1 Å². The van der Waals surface area contributed by atoms with Crippen LogP contribution in [0.3, 0.4) is 0 Å². The van der Waals surface area contributed by atoms with Crippen molar-refractivity contribution in [1.29, 1.82) is 0 Å². The maximum absolute atomic E-state index is 12.7. The Labute approximate surface area is 146 Å². The molecular formula is C19H21N5O. The van der Waals surface area contributed by atoms with Gasteiger partial charge < -0.3 is 5.32 Å². The fraction of sp³-hybridized carbons (Fsp3) is 0.263. The molecule has 0 saturated heterocycles. The first-order chi connectivity index (χ1) is 12.0. The van der Waals surface area contributed by atoms with E-state index in [4.69, 9.17) is 0 Å². The van der Waals surface area contributed by atoms with Crippen molar-refractivity contribution in [3.8, 4) is 0 Å². The molecular weight excluding hydrogens is 314 g/mol. The molecule has 128 valence electrons. The number of hydrogen-bond acceptors (Lipinski definition) is 4. The number of benzene rings is 1. The zero-order valence-electron chi connectivity index (χ0n) is 14.5. The van der Waals surface area contributed by atoms with Crippen molar-refractivity contribution in [2.75, 3.05) is 0 Å². The van der Waals surface area contributed by atoms with Crippen molar-refractivity contribution < 1.29 is 4.79 Å². The highest BCUT2D eigenvalue weighted by Gasteiger charge is 2.22. The van der Waals surface area contributed by atoms with Gasteiger partial charge in [0, 0.05) is 12.4 Å². The van der Waals surface area contributed by atoms with Gasteiger partial charge in [-0.3, -0.25) is 9.78 Å². The SMILES string of the molecule is Cc1cc(C)cc([C@@H](NC(=O)[C@H](C)n2cncn2)c2cccnc2)c1. The van der Waals surface area contributed by atoms with E-state index in [0.717, 1.165) is 22.3 Å². The monoisotopic (exact) mass is 335 g/mol. The van der Waals surface area contributed by atoms with Gasteiger partial charge in [0.1, 0.15) is 18.7 Å². The molecule has 1 amide bonds. The Hall–Kier alpha value is -3.02. The number of pyridine rings is 1. The number of nitrogens with one attached hydrogen (secondary N) is 1. The molecule has 3 aromatic rings. The molecule has 0 aliphatic heterocycles. The van der Waals surface area contributed by atoms with Gasteiger partial charge >= 0.3 is 0 Å². The summed E-state index contributed by atoms with van der Waals surface area (Å²) in [6.07, 6.45) is 6.47. The summed E-state index contributed by atoms with van der Waals surface area (Å²) in [7, 11) is 0. The van der Waals surface area contributed by atoms with Crippen LogP contribution < -0.4 is 5.32 Å². The number of amides is 1. The van der Waals surface area contributed by atoms with E-state index in [9.17, 15) is 4.79 Å². The average molecular weight is 335 g/mol. The van der Waals surface area contributed by atoms with Crippen LogP contribution in [0.15, 0.2) is 55.4 Å². The van der Waals surface area contributed by atoms with Crippen LogP contribution in [0, 0.1) is 13.8 Å². The number of nitrogens with zero attached hydrogens (tertiary/aromatic N) is 4. The predicted octanol–water partition coefficient (Wildman–Crippen LogP) is 2.76. The second-order valence-electron chi connectivity index (χ2n) is 6.20. The number of aryl methyl sites for hydroxylation is 2. The highest BCUT2D eigenvalue weighted by molar-refractivity contribution is 5.80. The minimum atomic E-state index is -0.451. The first-order valence-electron chi connectivity index (χ1n) is 8.17. The van der Waals surface area contributed by atoms with Gasteiger partial charge in [0.25, 0.3) is 0 Å². The Kier molecular flexibility index (Phi) is 4.88. The van der Waals surface area contributed by atoms with Crippen molar-refractivity contribution >= 4 is 5.91 Å². The van der Waals surface area contributed by atoms with Crippen LogP contribution >= 0.6 is 0 Å². The van der Waals surface area contributed by atoms with Gasteiger partial charge in [-0.15, -0.1) is 0 Å². The van der Waals surface area contributed by atoms with Crippen LogP contribution in [0.4, 0.5) is 0 Å². The minimum Gasteiger partial charge on any atom is -0.343 e. The summed E-state index contributed by atoms with van der Waals surface area (Å²) in [5.41, 5.74) is 4.28. The molecule has 3 rings (SSSR count). The third kappa shape index (κ3) is 3.91. The van der Waals surface area contributed by atoms with Gasteiger partial charge in [-0.05, 0) is 38.0 Å². The zero-order valence-corrected chi connectivity index (χ0v) is 14.5. The first kappa shape index (κ1) is 16.8. The fourth-order valence-electron chi connectivity index (χ4n) is 2.88. The van der Waals surface area contributed by atoms with Crippen LogP contribution in [-0.2, 0) is 4.79 Å². The third-order valence-corrected chi connectivity index (χ3v) is 4.09. The predicted molar refractivity (Wildman–Crippen MR) is 94.9 cm³/mol. The lowest BCUT2D eigenvalue weighted by atomic mass is 9.96. The van der Waals surface area contributed by atoms with Crippen LogP contribution in [-0.4, -0.2) is 25.7 Å². The number of carbonyl (C=O) groups is 1. The van der Waals surface area contributed by atoms with E-state index < -0.39 is 6.04 Å². The van der Waals surface area contributed by atoms with Crippen LogP contribution in [0.25, 0.3) is 0 Å². The van der Waals surface area contributed by atoms with E-state index in [-0.39, 0.29) is 11.9 Å². The summed E-state index contributed by atoms with van der Waals surface area (Å²) in [4.78, 5) is 20.9. The molecule has 2 heterocycles. The number of hydrogen-bond donors (Lipinski definition) is 1. The van der Waals surface area contributed by atoms with Crippen LogP contribution in [0.2, 0.25) is 0 Å². The molecule has 0 aliphatic rings. The molecule has 0 unspecified atom stereocenters. The molecule has 0 fully saturated rings. The smallest absolute Gasteiger partial charge is 0.245 e. The van der Waals surface area contributed by atoms with Gasteiger partial charge in [-0.25, -0.2) is 9.67 Å². The molecule has 0 aliphatic carbocycles. The lowest BCUT2D eigenvalue weighted by molar-refractivity contribution is -0.124. The molecule has 2 atom stereocenters. The van der Waals surface area contributed by atoms with Crippen molar-refractivity contribution in [2.24, 2.45) is 0 Å². The molecule has 1 aromatic carbocycles. The maximum Gasteiger partial charge on any atom is 0.245 e. The largest absolute Gasteiger partial charge is 0.343 e. The Balaban J connectivity index is 1.93. The van der Waals surface area contributed by atoms with Crippen molar-refractivity contribution in [2.45, 2.75) is 32.9 Å². The van der Waals surface area contributed by atoms with Gasteiger partial charge in [-0.2, -0.15) is 5.10 Å². The summed E-state index contributed by atoms with van der Waals surface area (Å²) in [5, 5.41) is 7.18. The Bertz CT molecular complexity index is 825. The number of rotatable bonds is 5. The summed E-state index contributed by atoms with van der Waals surface area (Å²) in [6.45, 7) is 5.90. The van der Waals surface area contributed by atoms with Gasteiger partial charge in [0.05, 0.1) is 6.04 Å². The van der Waals surface area contributed by atoms with Crippen molar-refractivity contribution in [3.05, 3.63) is 77.6 Å². The van der Waals surface area contributed by atoms with E-state index in [1.54, 1.807) is 25.6 Å². The molecule has 0 bridgehead atoms. The lowest BCUT2D eigenvalue weighted by Crippen LogP contribution is -2.35. The maximum atomic E-state index is 12.7. The van der Waals surface area contributed by atoms with Crippen LogP contribution in [0.1, 0.15) is 41.3 Å². The van der Waals surface area contributed by atoms with Crippen molar-refractivity contribution in [3.63, 3.8) is 0 Å². The van der Waals surface area contributed by atoms with E-state index in [1.165, 1.54) is 11.0 Å². The first-order valence-corrected chi connectivity index (χ1v) is 8.17. The second kappa shape index (κ2) is 7.25. The van der Waals surface area contributed by atoms with E-state index in [0.29, 0.717) is 0 Å². The summed E-state index contributed by atoms with van der Waals surface area (Å²) in [5.74, 6) is -0.126.